The van der Waals surface area contributed by atoms with E-state index in [9.17, 15) is 14.7 Å². The summed E-state index contributed by atoms with van der Waals surface area (Å²) in [5.41, 5.74) is 0. The average Bonchev–Trinajstić information content (AvgIpc) is 2.34. The van der Waals surface area contributed by atoms with Gasteiger partial charge in [-0.3, -0.25) is 9.59 Å². The number of carboxylic acids is 1. The smallest absolute Gasteiger partial charge is 0.307 e. The molecule has 0 aliphatic heterocycles. The first-order valence-corrected chi connectivity index (χ1v) is 6.63. The number of carboxylic acid groups (broad SMARTS) is 1. The van der Waals surface area contributed by atoms with Crippen molar-refractivity contribution in [1.29, 1.82) is 0 Å². The Hall–Kier alpha value is -1.10. The highest BCUT2D eigenvalue weighted by Gasteiger charge is 2.38. The highest BCUT2D eigenvalue weighted by molar-refractivity contribution is 5.85. The van der Waals surface area contributed by atoms with Gasteiger partial charge in [0.05, 0.1) is 18.4 Å². The molecule has 18 heavy (non-hydrogen) atoms. The van der Waals surface area contributed by atoms with Gasteiger partial charge in [-0.1, -0.05) is 12.8 Å². The van der Waals surface area contributed by atoms with Crippen LogP contribution in [-0.4, -0.2) is 46.2 Å². The molecule has 1 saturated carbocycles. The molecule has 104 valence electrons. The molecule has 1 aliphatic rings. The van der Waals surface area contributed by atoms with E-state index in [1.807, 2.05) is 13.8 Å². The summed E-state index contributed by atoms with van der Waals surface area (Å²) < 4.78 is 0. The Morgan fingerprint density at radius 2 is 1.78 bits per heavy atom. The molecule has 1 aliphatic carbocycles. The molecule has 2 N–H and O–H groups in total. The SMILES string of the molecule is CC(C)N(CCO)C(=O)[C@@H]1CCCC[C@@H]1C(=O)O. The number of carbonyl (C=O) groups is 2. The largest absolute Gasteiger partial charge is 0.481 e. The lowest BCUT2D eigenvalue weighted by Crippen LogP contribution is -2.46. The quantitative estimate of drug-likeness (QED) is 0.773. The van der Waals surface area contributed by atoms with Crippen LogP contribution in [-0.2, 0) is 9.59 Å². The molecule has 0 saturated heterocycles. The van der Waals surface area contributed by atoms with Crippen LogP contribution in [0.1, 0.15) is 39.5 Å². The maximum Gasteiger partial charge on any atom is 0.307 e. The van der Waals surface area contributed by atoms with E-state index in [0.717, 1.165) is 12.8 Å². The molecule has 0 radical (unpaired) electrons. The van der Waals surface area contributed by atoms with Gasteiger partial charge in [-0.2, -0.15) is 0 Å². The van der Waals surface area contributed by atoms with Crippen molar-refractivity contribution in [3.05, 3.63) is 0 Å². The summed E-state index contributed by atoms with van der Waals surface area (Å²) in [5.74, 6) is -1.98. The van der Waals surface area contributed by atoms with Crippen LogP contribution < -0.4 is 0 Å². The monoisotopic (exact) mass is 257 g/mol. The molecule has 2 atom stereocenters. The molecule has 0 aromatic heterocycles. The molecule has 0 bridgehead atoms. The highest BCUT2D eigenvalue weighted by Crippen LogP contribution is 2.32. The van der Waals surface area contributed by atoms with Crippen molar-refractivity contribution in [2.75, 3.05) is 13.2 Å². The van der Waals surface area contributed by atoms with Crippen LogP contribution in [0, 0.1) is 11.8 Å². The number of aliphatic hydroxyl groups is 1. The van der Waals surface area contributed by atoms with Crippen molar-refractivity contribution in [3.63, 3.8) is 0 Å². The molecular weight excluding hydrogens is 234 g/mol. The zero-order chi connectivity index (χ0) is 13.7. The van der Waals surface area contributed by atoms with Crippen LogP contribution in [0.25, 0.3) is 0 Å². The van der Waals surface area contributed by atoms with Crippen molar-refractivity contribution >= 4 is 11.9 Å². The van der Waals surface area contributed by atoms with E-state index in [0.29, 0.717) is 12.8 Å². The maximum atomic E-state index is 12.4. The van der Waals surface area contributed by atoms with E-state index in [-0.39, 0.29) is 25.1 Å². The first-order chi connectivity index (χ1) is 8.49. The van der Waals surface area contributed by atoms with Gasteiger partial charge in [-0.15, -0.1) is 0 Å². The first-order valence-electron chi connectivity index (χ1n) is 6.63. The molecule has 0 spiro atoms. The highest BCUT2D eigenvalue weighted by atomic mass is 16.4. The number of carbonyl (C=O) groups excluding carboxylic acids is 1. The maximum absolute atomic E-state index is 12.4. The van der Waals surface area contributed by atoms with Gasteiger partial charge in [0.15, 0.2) is 0 Å². The Kier molecular flexibility index (Phi) is 5.59. The van der Waals surface area contributed by atoms with E-state index in [2.05, 4.69) is 0 Å². The zero-order valence-electron chi connectivity index (χ0n) is 11.1. The van der Waals surface area contributed by atoms with Gasteiger partial charge < -0.3 is 15.1 Å². The number of amides is 1. The number of rotatable bonds is 5. The van der Waals surface area contributed by atoms with Gasteiger partial charge in [0.2, 0.25) is 5.91 Å². The molecule has 1 amide bonds. The van der Waals surface area contributed by atoms with Crippen LogP contribution in [0.4, 0.5) is 0 Å². The summed E-state index contributed by atoms with van der Waals surface area (Å²) >= 11 is 0. The fourth-order valence-corrected chi connectivity index (χ4v) is 2.67. The zero-order valence-corrected chi connectivity index (χ0v) is 11.1. The van der Waals surface area contributed by atoms with Crippen LogP contribution in [0.5, 0.6) is 0 Å². The van der Waals surface area contributed by atoms with E-state index in [1.165, 1.54) is 0 Å². The lowest BCUT2D eigenvalue weighted by molar-refractivity contribution is -0.153. The molecule has 5 nitrogen and oxygen atoms in total. The molecule has 1 rings (SSSR count). The Balaban J connectivity index is 2.80. The third-order valence-electron chi connectivity index (χ3n) is 3.65. The van der Waals surface area contributed by atoms with Gasteiger partial charge in [0, 0.05) is 12.6 Å². The Morgan fingerprint density at radius 1 is 1.22 bits per heavy atom. The molecule has 0 aromatic carbocycles. The summed E-state index contributed by atoms with van der Waals surface area (Å²) in [4.78, 5) is 25.2. The first kappa shape index (κ1) is 15.0. The Bertz CT molecular complexity index is 303. The summed E-state index contributed by atoms with van der Waals surface area (Å²) in [6.07, 6.45) is 3.01. The van der Waals surface area contributed by atoms with Crippen LogP contribution in [0.15, 0.2) is 0 Å². The summed E-state index contributed by atoms with van der Waals surface area (Å²) in [6.45, 7) is 3.95. The number of hydrogen-bond acceptors (Lipinski definition) is 3. The second kappa shape index (κ2) is 6.73. The number of nitrogens with zero attached hydrogens (tertiary/aromatic N) is 1. The van der Waals surface area contributed by atoms with Crippen molar-refractivity contribution in [2.45, 2.75) is 45.6 Å². The van der Waals surface area contributed by atoms with Crippen molar-refractivity contribution in [3.8, 4) is 0 Å². The minimum absolute atomic E-state index is 0.0129. The van der Waals surface area contributed by atoms with Crippen LogP contribution >= 0.6 is 0 Å². The second-order valence-corrected chi connectivity index (χ2v) is 5.18. The van der Waals surface area contributed by atoms with Crippen molar-refractivity contribution in [2.24, 2.45) is 11.8 Å². The van der Waals surface area contributed by atoms with Crippen molar-refractivity contribution < 1.29 is 19.8 Å². The summed E-state index contributed by atoms with van der Waals surface area (Å²) in [7, 11) is 0. The van der Waals surface area contributed by atoms with Gasteiger partial charge in [0.25, 0.3) is 0 Å². The third-order valence-corrected chi connectivity index (χ3v) is 3.65. The summed E-state index contributed by atoms with van der Waals surface area (Å²) in [6, 6.07) is -0.0129. The van der Waals surface area contributed by atoms with Crippen LogP contribution in [0.3, 0.4) is 0 Å². The molecule has 0 heterocycles. The van der Waals surface area contributed by atoms with Crippen LogP contribution in [0.2, 0.25) is 0 Å². The predicted molar refractivity (Wildman–Crippen MR) is 67.0 cm³/mol. The fourth-order valence-electron chi connectivity index (χ4n) is 2.67. The lowest BCUT2D eigenvalue weighted by atomic mass is 9.78. The minimum atomic E-state index is -0.874. The van der Waals surface area contributed by atoms with E-state index in [1.54, 1.807) is 4.90 Å². The van der Waals surface area contributed by atoms with Gasteiger partial charge in [-0.25, -0.2) is 0 Å². The standard InChI is InChI=1S/C13H23NO4/c1-9(2)14(7-8-15)12(16)10-5-3-4-6-11(10)13(17)18/h9-11,15H,3-8H2,1-2H3,(H,17,18)/t10-,11+/m1/s1. The Labute approximate surface area is 108 Å². The fraction of sp³-hybridized carbons (Fsp3) is 0.846. The van der Waals surface area contributed by atoms with E-state index in [4.69, 9.17) is 5.11 Å². The molecule has 0 aromatic rings. The third kappa shape index (κ3) is 3.45. The van der Waals surface area contributed by atoms with Gasteiger partial charge in [0.1, 0.15) is 0 Å². The average molecular weight is 257 g/mol. The van der Waals surface area contributed by atoms with Crippen molar-refractivity contribution in [1.82, 2.24) is 4.90 Å². The second-order valence-electron chi connectivity index (χ2n) is 5.18. The Morgan fingerprint density at radius 3 is 2.22 bits per heavy atom. The van der Waals surface area contributed by atoms with Gasteiger partial charge >= 0.3 is 5.97 Å². The minimum Gasteiger partial charge on any atom is -0.481 e. The molecular formula is C13H23NO4. The molecule has 1 fully saturated rings. The number of aliphatic hydroxyl groups excluding tert-OH is 1. The van der Waals surface area contributed by atoms with Gasteiger partial charge in [-0.05, 0) is 26.7 Å². The number of hydrogen-bond donors (Lipinski definition) is 2. The predicted octanol–water partition coefficient (Wildman–Crippen LogP) is 1.11. The number of aliphatic carboxylic acids is 1. The topological polar surface area (TPSA) is 77.8 Å². The van der Waals surface area contributed by atoms with E-state index < -0.39 is 17.8 Å². The molecule has 5 heteroatoms. The summed E-state index contributed by atoms with van der Waals surface area (Å²) in [5, 5.41) is 18.2. The lowest BCUT2D eigenvalue weighted by Gasteiger charge is -2.34. The van der Waals surface area contributed by atoms with E-state index >= 15 is 0 Å². The normalized spacial score (nSPS) is 24.0. The molecule has 0 unspecified atom stereocenters.